The van der Waals surface area contributed by atoms with Gasteiger partial charge in [0.1, 0.15) is 12.0 Å². The summed E-state index contributed by atoms with van der Waals surface area (Å²) >= 11 is 0. The third kappa shape index (κ3) is 5.80. The van der Waals surface area contributed by atoms with Gasteiger partial charge in [0.25, 0.3) is 16.4 Å². The molecule has 0 radical (unpaired) electrons. The number of nitrogens with two attached hydrogens (primary N) is 1. The summed E-state index contributed by atoms with van der Waals surface area (Å²) in [4.78, 5) is 8.83. The van der Waals surface area contributed by atoms with Crippen molar-refractivity contribution in [1.82, 2.24) is 19.0 Å². The largest absolute Gasteiger partial charge is 0.326 e. The highest BCUT2D eigenvalue weighted by molar-refractivity contribution is 7.89. The minimum Gasteiger partial charge on any atom is -0.326 e. The van der Waals surface area contributed by atoms with E-state index in [0.29, 0.717) is 38.2 Å². The lowest BCUT2D eigenvalue weighted by Gasteiger charge is -2.46. The Hall–Kier alpha value is -2.73. The minimum absolute atomic E-state index is 0.118. The summed E-state index contributed by atoms with van der Waals surface area (Å²) in [5, 5.41) is 4.28. The Morgan fingerprint density at radius 1 is 1.39 bits per heavy atom. The van der Waals surface area contributed by atoms with Crippen molar-refractivity contribution >= 4 is 23.1 Å². The van der Waals surface area contributed by atoms with Gasteiger partial charge in [-0.15, -0.1) is 0 Å². The Kier molecular flexibility index (Phi) is 7.56. The number of aliphatic imine (C=N–C) groups is 1. The topological polar surface area (TPSA) is 99.8 Å². The average molecular weight is 517 g/mol. The molecule has 0 bridgehead atoms. The standard InChI is InChI=1S/C25H35FN7O2S/c1-17-6-7-22(26)21(8-17)25-23(27)9-20(14-32(25)11-18(2)10-28-16-30(3)4)31-12-19-13-33(36(5,34)35)29-24(19)15-31/h6-8,10,13,16,20,23,25H,3,9,11-12,14-15,27H2,1-2,4-5H3/q+1. The summed E-state index contributed by atoms with van der Waals surface area (Å²) in [6.07, 6.45) is 6.85. The van der Waals surface area contributed by atoms with Crippen LogP contribution in [0.1, 0.15) is 41.8 Å². The Morgan fingerprint density at radius 3 is 2.81 bits per heavy atom. The molecule has 1 fully saturated rings. The van der Waals surface area contributed by atoms with Crippen molar-refractivity contribution in [2.75, 3.05) is 26.4 Å². The SMILES string of the molecule is C=[N+](C)C=NC=C(C)CN1CC(N2Cc3cn(S(C)(=O)=O)nc3C2)CC(N)C1c1cc(C)ccc1F. The van der Waals surface area contributed by atoms with Crippen LogP contribution in [0.15, 0.2) is 41.2 Å². The zero-order valence-electron chi connectivity index (χ0n) is 21.3. The first-order valence-corrected chi connectivity index (χ1v) is 13.8. The van der Waals surface area contributed by atoms with E-state index in [1.807, 2.05) is 19.9 Å². The second-order valence-electron chi connectivity index (χ2n) is 10.1. The molecule has 1 aromatic carbocycles. The molecule has 3 unspecified atom stereocenters. The normalized spacial score (nSPS) is 23.9. The van der Waals surface area contributed by atoms with Gasteiger partial charge in [0.2, 0.25) is 0 Å². The number of nitrogens with zero attached hydrogens (tertiary/aromatic N) is 6. The zero-order valence-corrected chi connectivity index (χ0v) is 22.1. The van der Waals surface area contributed by atoms with Gasteiger partial charge in [-0.3, -0.25) is 9.80 Å². The highest BCUT2D eigenvalue weighted by Gasteiger charge is 2.40. The fourth-order valence-corrected chi connectivity index (χ4v) is 5.70. The average Bonchev–Trinajstić information content (AvgIpc) is 3.35. The smallest absolute Gasteiger partial charge is 0.285 e. The molecule has 2 aliphatic rings. The summed E-state index contributed by atoms with van der Waals surface area (Å²) in [7, 11) is -1.61. The molecule has 1 aromatic heterocycles. The second kappa shape index (κ2) is 10.3. The summed E-state index contributed by atoms with van der Waals surface area (Å²) in [5.41, 5.74) is 11.1. The molecule has 4 rings (SSSR count). The lowest BCUT2D eigenvalue weighted by molar-refractivity contribution is -0.349. The van der Waals surface area contributed by atoms with Crippen LogP contribution in [0.2, 0.25) is 0 Å². The van der Waals surface area contributed by atoms with Crippen LogP contribution in [-0.4, -0.2) is 83.5 Å². The van der Waals surface area contributed by atoms with Crippen LogP contribution in [0.4, 0.5) is 4.39 Å². The fraction of sp³-hybridized carbons (Fsp3) is 0.480. The van der Waals surface area contributed by atoms with Crippen LogP contribution in [0.25, 0.3) is 0 Å². The molecule has 3 atom stereocenters. The van der Waals surface area contributed by atoms with Gasteiger partial charge in [0.05, 0.1) is 31.8 Å². The number of piperidine rings is 1. The Labute approximate surface area is 212 Å². The van der Waals surface area contributed by atoms with Crippen molar-refractivity contribution in [2.45, 2.75) is 51.5 Å². The van der Waals surface area contributed by atoms with Crippen molar-refractivity contribution in [3.8, 4) is 0 Å². The fourth-order valence-electron chi connectivity index (χ4n) is 5.13. The number of hydrogen-bond acceptors (Lipinski definition) is 7. The highest BCUT2D eigenvalue weighted by atomic mass is 32.2. The van der Waals surface area contributed by atoms with Crippen molar-refractivity contribution in [2.24, 2.45) is 10.7 Å². The number of likely N-dealkylation sites (tertiary alicyclic amines) is 1. The zero-order chi connectivity index (χ0) is 26.2. The molecular weight excluding hydrogens is 481 g/mol. The lowest BCUT2D eigenvalue weighted by Crippen LogP contribution is -2.56. The van der Waals surface area contributed by atoms with Crippen molar-refractivity contribution in [3.05, 3.63) is 64.4 Å². The molecule has 194 valence electrons. The van der Waals surface area contributed by atoms with E-state index in [1.165, 1.54) is 6.07 Å². The van der Waals surface area contributed by atoms with E-state index in [-0.39, 0.29) is 23.9 Å². The molecule has 0 spiro atoms. The second-order valence-corrected chi connectivity index (χ2v) is 11.9. The van der Waals surface area contributed by atoms with Crippen molar-refractivity contribution in [1.29, 1.82) is 0 Å². The molecule has 0 amide bonds. The van der Waals surface area contributed by atoms with Crippen LogP contribution in [-0.2, 0) is 23.1 Å². The highest BCUT2D eigenvalue weighted by Crippen LogP contribution is 2.36. The molecule has 36 heavy (non-hydrogen) atoms. The quantitative estimate of drug-likeness (QED) is 0.343. The van der Waals surface area contributed by atoms with E-state index in [2.05, 4.69) is 26.6 Å². The number of halogens is 1. The molecule has 2 N–H and O–H groups in total. The molecule has 1 saturated heterocycles. The first-order chi connectivity index (χ1) is 16.9. The van der Waals surface area contributed by atoms with Gasteiger partial charge in [-0.05, 0) is 31.9 Å². The maximum absolute atomic E-state index is 15.0. The Balaban J connectivity index is 1.59. The van der Waals surface area contributed by atoms with Crippen LogP contribution in [0.5, 0.6) is 0 Å². The number of aryl methyl sites for hydroxylation is 1. The third-order valence-electron chi connectivity index (χ3n) is 6.71. The maximum Gasteiger partial charge on any atom is 0.285 e. The van der Waals surface area contributed by atoms with Crippen molar-refractivity contribution in [3.63, 3.8) is 0 Å². The van der Waals surface area contributed by atoms with Crippen LogP contribution >= 0.6 is 0 Å². The van der Waals surface area contributed by atoms with E-state index < -0.39 is 10.0 Å². The van der Waals surface area contributed by atoms with E-state index >= 15 is 0 Å². The monoisotopic (exact) mass is 516 g/mol. The van der Waals surface area contributed by atoms with E-state index in [1.54, 1.807) is 36.4 Å². The van der Waals surface area contributed by atoms with Crippen LogP contribution in [0.3, 0.4) is 0 Å². The Bertz CT molecular complexity index is 1290. The van der Waals surface area contributed by atoms with Gasteiger partial charge < -0.3 is 5.73 Å². The molecule has 3 heterocycles. The number of rotatable bonds is 7. The summed E-state index contributed by atoms with van der Waals surface area (Å²) in [5.74, 6) is -0.251. The van der Waals surface area contributed by atoms with Crippen LogP contribution < -0.4 is 5.73 Å². The number of hydrogen-bond donors (Lipinski definition) is 1. The van der Waals surface area contributed by atoms with Gasteiger partial charge >= 0.3 is 0 Å². The number of fused-ring (bicyclic) bond motifs is 1. The van der Waals surface area contributed by atoms with Crippen molar-refractivity contribution < 1.29 is 17.4 Å². The molecule has 2 aromatic rings. The summed E-state index contributed by atoms with van der Waals surface area (Å²) in [6, 6.07) is 4.73. The molecular formula is C25H35FN7O2S+. The number of aromatic nitrogens is 2. The molecule has 0 saturated carbocycles. The van der Waals surface area contributed by atoms with E-state index in [9.17, 15) is 12.8 Å². The van der Waals surface area contributed by atoms with Gasteiger partial charge in [0, 0.05) is 55.6 Å². The van der Waals surface area contributed by atoms with E-state index in [0.717, 1.165) is 32.7 Å². The predicted octanol–water partition coefficient (Wildman–Crippen LogP) is 1.87. The van der Waals surface area contributed by atoms with Crippen LogP contribution in [0, 0.1) is 12.7 Å². The molecule has 11 heteroatoms. The molecule has 9 nitrogen and oxygen atoms in total. The van der Waals surface area contributed by atoms with Gasteiger partial charge in [0.15, 0.2) is 0 Å². The number of benzene rings is 1. The Morgan fingerprint density at radius 2 is 2.14 bits per heavy atom. The minimum atomic E-state index is -3.41. The van der Waals surface area contributed by atoms with Gasteiger partial charge in [-0.2, -0.15) is 9.19 Å². The van der Waals surface area contributed by atoms with Gasteiger partial charge in [-0.25, -0.2) is 17.4 Å². The lowest BCUT2D eigenvalue weighted by atomic mass is 9.86. The maximum atomic E-state index is 15.0. The molecule has 0 aliphatic carbocycles. The summed E-state index contributed by atoms with van der Waals surface area (Å²) in [6.45, 7) is 10.1. The van der Waals surface area contributed by atoms with Gasteiger partial charge in [-0.1, -0.05) is 22.7 Å². The predicted molar refractivity (Wildman–Crippen MR) is 139 cm³/mol. The third-order valence-corrected chi connectivity index (χ3v) is 7.58. The van der Waals surface area contributed by atoms with E-state index in [4.69, 9.17) is 5.73 Å². The first-order valence-electron chi connectivity index (χ1n) is 11.9. The first kappa shape index (κ1) is 26.3. The molecule has 2 aliphatic heterocycles. The summed E-state index contributed by atoms with van der Waals surface area (Å²) < 4.78 is 41.4.